The van der Waals surface area contributed by atoms with E-state index in [0.29, 0.717) is 16.9 Å². The topological polar surface area (TPSA) is 53.2 Å². The summed E-state index contributed by atoms with van der Waals surface area (Å²) in [6.07, 6.45) is -0.847. The van der Waals surface area contributed by atoms with Crippen LogP contribution in [0.3, 0.4) is 0 Å². The van der Waals surface area contributed by atoms with Crippen LogP contribution in [0.1, 0.15) is 29.7 Å². The minimum absolute atomic E-state index is 0.0133. The third kappa shape index (κ3) is 2.79. The molecule has 1 unspecified atom stereocenters. The number of halogens is 1. The molecule has 0 fully saturated rings. The first-order chi connectivity index (χ1) is 9.52. The molecule has 0 aromatic heterocycles. The summed E-state index contributed by atoms with van der Waals surface area (Å²) < 4.78 is 19.5. The van der Waals surface area contributed by atoms with Crippen LogP contribution in [0.2, 0.25) is 0 Å². The van der Waals surface area contributed by atoms with Crippen LogP contribution in [0.15, 0.2) is 36.4 Å². The number of aliphatic hydroxyl groups excluding tert-OH is 1. The molecule has 1 atom stereocenters. The standard InChI is InChI=1S/C16H14FNO2/c1-10-6-7-12(9-18)8-15(10)20-16-13(11(2)19)4-3-5-14(16)17/h3-8,11,19H,1-2H3. The van der Waals surface area contributed by atoms with Gasteiger partial charge >= 0.3 is 0 Å². The van der Waals surface area contributed by atoms with Gasteiger partial charge in [-0.05, 0) is 37.6 Å². The monoisotopic (exact) mass is 271 g/mol. The van der Waals surface area contributed by atoms with E-state index in [1.807, 2.05) is 6.07 Å². The van der Waals surface area contributed by atoms with Crippen molar-refractivity contribution in [2.24, 2.45) is 0 Å². The number of nitrogens with zero attached hydrogens (tertiary/aromatic N) is 1. The molecule has 0 radical (unpaired) electrons. The fourth-order valence-electron chi connectivity index (χ4n) is 1.85. The Morgan fingerprint density at radius 3 is 2.70 bits per heavy atom. The van der Waals surface area contributed by atoms with Gasteiger partial charge in [-0.2, -0.15) is 5.26 Å². The van der Waals surface area contributed by atoms with Gasteiger partial charge in [-0.3, -0.25) is 0 Å². The fraction of sp³-hybridized carbons (Fsp3) is 0.188. The SMILES string of the molecule is Cc1ccc(C#N)cc1Oc1c(F)cccc1C(C)O. The third-order valence-electron chi connectivity index (χ3n) is 2.98. The van der Waals surface area contributed by atoms with Crippen LogP contribution in [-0.2, 0) is 0 Å². The number of hydrogen-bond acceptors (Lipinski definition) is 3. The molecule has 3 nitrogen and oxygen atoms in total. The molecule has 0 amide bonds. The lowest BCUT2D eigenvalue weighted by Gasteiger charge is -2.15. The van der Waals surface area contributed by atoms with Crippen molar-refractivity contribution in [2.45, 2.75) is 20.0 Å². The second-order valence-electron chi connectivity index (χ2n) is 4.53. The highest BCUT2D eigenvalue weighted by Crippen LogP contribution is 2.33. The highest BCUT2D eigenvalue weighted by molar-refractivity contribution is 5.46. The lowest BCUT2D eigenvalue weighted by molar-refractivity contribution is 0.194. The van der Waals surface area contributed by atoms with Gasteiger partial charge in [-0.25, -0.2) is 4.39 Å². The molecule has 0 aliphatic heterocycles. The summed E-state index contributed by atoms with van der Waals surface area (Å²) in [6, 6.07) is 11.3. The summed E-state index contributed by atoms with van der Waals surface area (Å²) in [4.78, 5) is 0. The number of nitriles is 1. The van der Waals surface area contributed by atoms with E-state index in [4.69, 9.17) is 10.00 Å². The lowest BCUT2D eigenvalue weighted by Crippen LogP contribution is -1.99. The van der Waals surface area contributed by atoms with E-state index in [0.717, 1.165) is 5.56 Å². The highest BCUT2D eigenvalue weighted by atomic mass is 19.1. The first-order valence-electron chi connectivity index (χ1n) is 6.18. The Labute approximate surface area is 116 Å². The zero-order valence-corrected chi connectivity index (χ0v) is 11.2. The summed E-state index contributed by atoms with van der Waals surface area (Å²) in [5, 5.41) is 18.6. The first-order valence-corrected chi connectivity index (χ1v) is 6.18. The van der Waals surface area contributed by atoms with Crippen LogP contribution in [0.25, 0.3) is 0 Å². The summed E-state index contributed by atoms with van der Waals surface area (Å²) in [7, 11) is 0. The number of aliphatic hydroxyl groups is 1. The van der Waals surface area contributed by atoms with E-state index in [1.165, 1.54) is 12.1 Å². The van der Waals surface area contributed by atoms with Crippen molar-refractivity contribution < 1.29 is 14.2 Å². The zero-order valence-electron chi connectivity index (χ0n) is 11.2. The van der Waals surface area contributed by atoms with Crippen molar-refractivity contribution >= 4 is 0 Å². The van der Waals surface area contributed by atoms with Crippen LogP contribution in [0, 0.1) is 24.1 Å². The molecule has 0 aliphatic carbocycles. The first kappa shape index (κ1) is 14.0. The molecule has 0 heterocycles. The minimum Gasteiger partial charge on any atom is -0.454 e. The van der Waals surface area contributed by atoms with Crippen LogP contribution < -0.4 is 4.74 Å². The van der Waals surface area contributed by atoms with Gasteiger partial charge in [0.25, 0.3) is 0 Å². The summed E-state index contributed by atoms with van der Waals surface area (Å²) >= 11 is 0. The minimum atomic E-state index is -0.847. The van der Waals surface area contributed by atoms with E-state index in [2.05, 4.69) is 0 Å². The van der Waals surface area contributed by atoms with E-state index in [-0.39, 0.29) is 5.75 Å². The van der Waals surface area contributed by atoms with Gasteiger partial charge in [0, 0.05) is 5.56 Å². The van der Waals surface area contributed by atoms with Gasteiger partial charge in [-0.15, -0.1) is 0 Å². The Bertz CT molecular complexity index is 675. The molecule has 2 rings (SSSR count). The van der Waals surface area contributed by atoms with Crippen molar-refractivity contribution in [3.63, 3.8) is 0 Å². The Balaban J connectivity index is 2.48. The molecular formula is C16H14FNO2. The van der Waals surface area contributed by atoms with Gasteiger partial charge in [0.15, 0.2) is 11.6 Å². The Hall–Kier alpha value is -2.38. The van der Waals surface area contributed by atoms with Crippen molar-refractivity contribution in [1.82, 2.24) is 0 Å². The molecule has 0 spiro atoms. The zero-order chi connectivity index (χ0) is 14.7. The maximum absolute atomic E-state index is 13.9. The Kier molecular flexibility index (Phi) is 4.02. The van der Waals surface area contributed by atoms with Gasteiger partial charge in [0.05, 0.1) is 17.7 Å². The molecule has 0 bridgehead atoms. The Morgan fingerprint density at radius 1 is 1.30 bits per heavy atom. The molecule has 0 saturated carbocycles. The summed E-state index contributed by atoms with van der Waals surface area (Å²) in [5.74, 6) is -0.165. The van der Waals surface area contributed by atoms with Gasteiger partial charge in [0.1, 0.15) is 5.75 Å². The van der Waals surface area contributed by atoms with Crippen molar-refractivity contribution in [2.75, 3.05) is 0 Å². The van der Waals surface area contributed by atoms with Gasteiger partial charge < -0.3 is 9.84 Å². The van der Waals surface area contributed by atoms with E-state index in [9.17, 15) is 9.50 Å². The summed E-state index contributed by atoms with van der Waals surface area (Å²) in [6.45, 7) is 3.35. The number of aryl methyl sites for hydroxylation is 1. The normalized spacial score (nSPS) is 11.8. The molecule has 4 heteroatoms. The molecule has 2 aromatic rings. The molecule has 0 saturated heterocycles. The number of rotatable bonds is 3. The van der Waals surface area contributed by atoms with Crippen LogP contribution in [0.4, 0.5) is 4.39 Å². The van der Waals surface area contributed by atoms with Crippen molar-refractivity contribution in [3.8, 4) is 17.6 Å². The smallest absolute Gasteiger partial charge is 0.168 e. The molecule has 20 heavy (non-hydrogen) atoms. The molecule has 1 N–H and O–H groups in total. The average molecular weight is 271 g/mol. The maximum atomic E-state index is 13.9. The van der Waals surface area contributed by atoms with Gasteiger partial charge in [0.2, 0.25) is 0 Å². The highest BCUT2D eigenvalue weighted by Gasteiger charge is 2.15. The van der Waals surface area contributed by atoms with Crippen molar-refractivity contribution in [3.05, 3.63) is 58.9 Å². The predicted octanol–water partition coefficient (Wildman–Crippen LogP) is 3.85. The molecular weight excluding hydrogens is 257 g/mol. The molecule has 102 valence electrons. The predicted molar refractivity (Wildman–Crippen MR) is 73.0 cm³/mol. The van der Waals surface area contributed by atoms with Crippen molar-refractivity contribution in [1.29, 1.82) is 5.26 Å². The van der Waals surface area contributed by atoms with Crippen LogP contribution in [-0.4, -0.2) is 5.11 Å². The lowest BCUT2D eigenvalue weighted by atomic mass is 10.1. The maximum Gasteiger partial charge on any atom is 0.168 e. The number of benzene rings is 2. The molecule has 0 aliphatic rings. The largest absolute Gasteiger partial charge is 0.454 e. The van der Waals surface area contributed by atoms with E-state index in [1.54, 1.807) is 38.1 Å². The van der Waals surface area contributed by atoms with Crippen LogP contribution >= 0.6 is 0 Å². The second-order valence-corrected chi connectivity index (χ2v) is 4.53. The van der Waals surface area contributed by atoms with E-state index >= 15 is 0 Å². The number of ether oxygens (including phenoxy) is 1. The average Bonchev–Trinajstić information content (AvgIpc) is 2.43. The summed E-state index contributed by atoms with van der Waals surface area (Å²) in [5.41, 5.74) is 1.58. The van der Waals surface area contributed by atoms with E-state index < -0.39 is 11.9 Å². The van der Waals surface area contributed by atoms with Crippen LogP contribution in [0.5, 0.6) is 11.5 Å². The second kappa shape index (κ2) is 5.72. The molecule has 2 aromatic carbocycles. The Morgan fingerprint density at radius 2 is 2.05 bits per heavy atom. The fourth-order valence-corrected chi connectivity index (χ4v) is 1.85. The quantitative estimate of drug-likeness (QED) is 0.922. The number of hydrogen-bond donors (Lipinski definition) is 1. The van der Waals surface area contributed by atoms with Gasteiger partial charge in [-0.1, -0.05) is 18.2 Å². The third-order valence-corrected chi connectivity index (χ3v) is 2.98. The number of para-hydroxylation sites is 1.